The van der Waals surface area contributed by atoms with Gasteiger partial charge in [-0.1, -0.05) is 147 Å². The minimum Gasteiger partial charge on any atom is -0.334 e. The second-order valence-corrected chi connectivity index (χ2v) is 25.6. The highest BCUT2D eigenvalue weighted by atomic mass is 15.3. The molecule has 3 aliphatic carbocycles. The molecule has 13 rings (SSSR count). The minimum atomic E-state index is -0.0670. The van der Waals surface area contributed by atoms with Crippen LogP contribution in [0.1, 0.15) is 133 Å². The Morgan fingerprint density at radius 3 is 1.89 bits per heavy atom. The Morgan fingerprint density at radius 1 is 0.486 bits per heavy atom. The van der Waals surface area contributed by atoms with Crippen molar-refractivity contribution in [2.75, 3.05) is 14.7 Å². The fourth-order valence-corrected chi connectivity index (χ4v) is 14.9. The van der Waals surface area contributed by atoms with Gasteiger partial charge in [-0.05, 0) is 190 Å². The highest BCUT2D eigenvalue weighted by Crippen LogP contribution is 2.61. The van der Waals surface area contributed by atoms with Gasteiger partial charge in [0.2, 0.25) is 0 Å². The molecule has 0 spiro atoms. The van der Waals surface area contributed by atoms with Crippen molar-refractivity contribution in [3.63, 3.8) is 0 Å². The number of para-hydroxylation sites is 1. The van der Waals surface area contributed by atoms with E-state index >= 15 is 0 Å². The first-order valence-corrected chi connectivity index (χ1v) is 26.7. The fraction of sp³-hybridized carbons (Fsp3) is 0.364. The smallest absolute Gasteiger partial charge is 0.252 e. The summed E-state index contributed by atoms with van der Waals surface area (Å²) in [5.74, 6) is 0. The summed E-state index contributed by atoms with van der Waals surface area (Å²) in [6.45, 7) is 24.4. The number of hydrogen-bond donors (Lipinski definition) is 0. The number of aryl methyl sites for hydroxylation is 1. The van der Waals surface area contributed by atoms with Crippen molar-refractivity contribution in [3.8, 4) is 11.1 Å². The quantitative estimate of drug-likeness (QED) is 0.163. The average Bonchev–Trinajstić information content (AvgIpc) is 3.83. The molecule has 3 aliphatic heterocycles. The summed E-state index contributed by atoms with van der Waals surface area (Å²) in [6, 6.07) is 53.4. The lowest BCUT2D eigenvalue weighted by Crippen LogP contribution is -2.61. The molecule has 1 saturated carbocycles. The predicted octanol–water partition coefficient (Wildman–Crippen LogP) is 15.4. The van der Waals surface area contributed by atoms with E-state index in [0.29, 0.717) is 0 Å². The van der Waals surface area contributed by atoms with Crippen LogP contribution in [0.4, 0.5) is 45.5 Å². The van der Waals surface area contributed by atoms with Crippen LogP contribution in [0.5, 0.6) is 0 Å². The number of anilines is 8. The van der Waals surface area contributed by atoms with Gasteiger partial charge in [0, 0.05) is 50.8 Å². The van der Waals surface area contributed by atoms with E-state index in [0.717, 1.165) is 25.7 Å². The second-order valence-electron chi connectivity index (χ2n) is 25.6. The number of hydrogen-bond acceptors (Lipinski definition) is 3. The van der Waals surface area contributed by atoms with Crippen molar-refractivity contribution in [1.29, 1.82) is 0 Å². The highest BCUT2D eigenvalue weighted by molar-refractivity contribution is 7.00. The van der Waals surface area contributed by atoms with Crippen LogP contribution in [0.2, 0.25) is 0 Å². The molecule has 0 saturated heterocycles. The summed E-state index contributed by atoms with van der Waals surface area (Å²) in [4.78, 5) is 8.18. The number of rotatable bonds is 4. The van der Waals surface area contributed by atoms with Crippen molar-refractivity contribution in [1.82, 2.24) is 0 Å². The van der Waals surface area contributed by atoms with Crippen LogP contribution in [0.25, 0.3) is 11.1 Å². The highest BCUT2D eigenvalue weighted by Gasteiger charge is 2.57. The SMILES string of the molecule is Cc1cc2c3c(c1)N(c1ccc(C(C)(C)C)cc1-c1ccccc1)c1cc(N4c5ccccc5C5(C)CCCCCC45C)ccc1B3c1cc3c(cc1N2c1ccc2c(c1)CC(C)(C)C2)CC(C)(C)C3. The predicted molar refractivity (Wildman–Crippen MR) is 299 cm³/mol. The van der Waals surface area contributed by atoms with E-state index in [4.69, 9.17) is 0 Å². The lowest BCUT2D eigenvalue weighted by molar-refractivity contribution is 0.261. The van der Waals surface area contributed by atoms with Crippen molar-refractivity contribution in [2.45, 2.75) is 143 Å². The van der Waals surface area contributed by atoms with Crippen LogP contribution >= 0.6 is 0 Å². The third-order valence-corrected chi connectivity index (χ3v) is 18.4. The normalized spacial score (nSPS) is 22.1. The van der Waals surface area contributed by atoms with Gasteiger partial charge in [-0.15, -0.1) is 0 Å². The maximum atomic E-state index is 2.80. The summed E-state index contributed by atoms with van der Waals surface area (Å²) < 4.78 is 0. The van der Waals surface area contributed by atoms with E-state index in [1.165, 1.54) is 144 Å². The van der Waals surface area contributed by atoms with Gasteiger partial charge in [-0.25, -0.2) is 0 Å². The van der Waals surface area contributed by atoms with Gasteiger partial charge in [-0.3, -0.25) is 0 Å². The largest absolute Gasteiger partial charge is 0.334 e. The van der Waals surface area contributed by atoms with Crippen molar-refractivity contribution in [2.24, 2.45) is 10.8 Å². The van der Waals surface area contributed by atoms with E-state index < -0.39 is 0 Å². The molecule has 6 aliphatic rings. The molecule has 2 unspecified atom stereocenters. The zero-order valence-electron chi connectivity index (χ0n) is 43.5. The Labute approximate surface area is 419 Å². The Hall–Kier alpha value is -6.00. The van der Waals surface area contributed by atoms with E-state index in [-0.39, 0.29) is 33.9 Å². The second kappa shape index (κ2) is 15.0. The molecule has 0 bridgehead atoms. The molecule has 70 heavy (non-hydrogen) atoms. The average molecular weight is 916 g/mol. The molecule has 3 nitrogen and oxygen atoms in total. The Balaban J connectivity index is 1.11. The van der Waals surface area contributed by atoms with Gasteiger partial charge in [0.15, 0.2) is 0 Å². The maximum absolute atomic E-state index is 2.80. The van der Waals surface area contributed by atoms with Gasteiger partial charge >= 0.3 is 0 Å². The van der Waals surface area contributed by atoms with Crippen LogP contribution in [0.15, 0.2) is 133 Å². The molecule has 0 amide bonds. The van der Waals surface area contributed by atoms with Crippen molar-refractivity contribution < 1.29 is 0 Å². The van der Waals surface area contributed by atoms with Crippen LogP contribution in [-0.2, 0) is 36.5 Å². The van der Waals surface area contributed by atoms with Gasteiger partial charge in [-0.2, -0.15) is 0 Å². The van der Waals surface area contributed by atoms with Crippen LogP contribution in [0, 0.1) is 17.8 Å². The molecule has 2 atom stereocenters. The summed E-state index contributed by atoms with van der Waals surface area (Å²) in [5, 5.41) is 0. The zero-order chi connectivity index (χ0) is 48.3. The van der Waals surface area contributed by atoms with Crippen molar-refractivity contribution in [3.05, 3.63) is 172 Å². The molecule has 7 aromatic carbocycles. The van der Waals surface area contributed by atoms with Gasteiger partial charge in [0.05, 0.1) is 11.2 Å². The summed E-state index contributed by atoms with van der Waals surface area (Å²) in [6.07, 6.45) is 10.7. The van der Waals surface area contributed by atoms with Crippen molar-refractivity contribution >= 4 is 68.6 Å². The van der Waals surface area contributed by atoms with Crippen LogP contribution < -0.4 is 31.1 Å². The first-order valence-electron chi connectivity index (χ1n) is 26.7. The maximum Gasteiger partial charge on any atom is 0.252 e. The molecule has 7 aromatic rings. The van der Waals surface area contributed by atoms with Gasteiger partial charge in [0.25, 0.3) is 6.71 Å². The minimum absolute atomic E-state index is 0.0172. The zero-order valence-corrected chi connectivity index (χ0v) is 43.5. The third kappa shape index (κ3) is 6.46. The number of benzene rings is 7. The Kier molecular flexibility index (Phi) is 9.44. The summed E-state index contributed by atoms with van der Waals surface area (Å²) in [7, 11) is 0. The van der Waals surface area contributed by atoms with E-state index in [1.807, 2.05) is 0 Å². The number of nitrogens with zero attached hydrogens (tertiary/aromatic N) is 3. The first-order chi connectivity index (χ1) is 33.4. The molecular weight excluding hydrogens is 846 g/mol. The first kappa shape index (κ1) is 44.0. The summed E-state index contributed by atoms with van der Waals surface area (Å²) in [5.41, 5.74) is 27.8. The topological polar surface area (TPSA) is 9.72 Å². The lowest BCUT2D eigenvalue weighted by atomic mass is 9.33. The van der Waals surface area contributed by atoms with E-state index in [1.54, 1.807) is 0 Å². The van der Waals surface area contributed by atoms with E-state index in [9.17, 15) is 0 Å². The molecule has 4 heteroatoms. The monoisotopic (exact) mass is 916 g/mol. The van der Waals surface area contributed by atoms with Gasteiger partial charge < -0.3 is 14.7 Å². The van der Waals surface area contributed by atoms with Crippen LogP contribution in [0.3, 0.4) is 0 Å². The third-order valence-electron chi connectivity index (χ3n) is 18.4. The Bertz CT molecular complexity index is 3320. The molecule has 352 valence electrons. The van der Waals surface area contributed by atoms with E-state index in [2.05, 4.69) is 217 Å². The molecule has 3 heterocycles. The fourth-order valence-electron chi connectivity index (χ4n) is 14.9. The number of fused-ring (bicyclic) bond motifs is 9. The lowest BCUT2D eigenvalue weighted by Gasteiger charge is -2.48. The molecule has 0 N–H and O–H groups in total. The summed E-state index contributed by atoms with van der Waals surface area (Å²) >= 11 is 0. The molecule has 1 fully saturated rings. The molecule has 0 aromatic heterocycles. The van der Waals surface area contributed by atoms with Crippen LogP contribution in [-0.4, -0.2) is 12.3 Å². The molecular formula is C66H70BN3. The molecule has 0 radical (unpaired) electrons. The standard InChI is InChI=1S/C66H70BN3/c1-42-31-59-61-60(32-42)69(55-28-24-48(62(2,3)4)36-51(55)43-19-13-11-14-20-43)58-37-50(70-56-22-16-15-21-52(56)65(9)29-17-12-18-30-66(65,70)10)26-27-53(58)67(61)54-34-46-40-64(7,8)41-47(46)35-57(54)68(59)49-25-23-44-38-63(5,6)39-45(44)33-49/h11,13-16,19-28,31-37H,12,17-18,29-30,38-41H2,1-10H3. The Morgan fingerprint density at radius 2 is 1.13 bits per heavy atom. The van der Waals surface area contributed by atoms with Gasteiger partial charge in [0.1, 0.15) is 0 Å².